The fraction of sp³-hybridized carbons (Fsp3) is 1.00. The van der Waals surface area contributed by atoms with Crippen molar-refractivity contribution in [2.45, 2.75) is 45.7 Å². The second-order valence-electron chi connectivity index (χ2n) is 6.00. The molecule has 100 valence electrons. The van der Waals surface area contributed by atoms with Gasteiger partial charge in [-0.3, -0.25) is 4.90 Å². The summed E-state index contributed by atoms with van der Waals surface area (Å²) in [6.45, 7) is 10.8. The SMILES string of the molecule is CCC1CNC(C(C)C)CN1CC1CCSC1. The number of nitrogens with zero attached hydrogens (tertiary/aromatic N) is 1. The van der Waals surface area contributed by atoms with Gasteiger partial charge in [-0.25, -0.2) is 0 Å². The molecule has 0 aliphatic carbocycles. The molecule has 0 aromatic carbocycles. The molecule has 0 amide bonds. The molecule has 0 saturated carbocycles. The minimum Gasteiger partial charge on any atom is -0.311 e. The Morgan fingerprint density at radius 3 is 2.82 bits per heavy atom. The van der Waals surface area contributed by atoms with Crippen LogP contribution in [0, 0.1) is 11.8 Å². The molecule has 2 heterocycles. The fourth-order valence-electron chi connectivity index (χ4n) is 3.01. The summed E-state index contributed by atoms with van der Waals surface area (Å²) in [7, 11) is 0. The fourth-order valence-corrected chi connectivity index (χ4v) is 4.29. The number of thioether (sulfide) groups is 1. The van der Waals surface area contributed by atoms with Crippen molar-refractivity contribution in [3.63, 3.8) is 0 Å². The highest BCUT2D eigenvalue weighted by Crippen LogP contribution is 2.26. The number of hydrogen-bond donors (Lipinski definition) is 1. The Hall–Kier alpha value is 0.270. The predicted molar refractivity (Wildman–Crippen MR) is 77.7 cm³/mol. The molecule has 0 radical (unpaired) electrons. The van der Waals surface area contributed by atoms with Gasteiger partial charge in [0.1, 0.15) is 0 Å². The standard InChI is InChI=1S/C14H28N2S/c1-4-13-7-15-14(11(2)3)9-16(13)8-12-5-6-17-10-12/h11-15H,4-10H2,1-3H3. The van der Waals surface area contributed by atoms with E-state index < -0.39 is 0 Å². The van der Waals surface area contributed by atoms with Crippen LogP contribution >= 0.6 is 11.8 Å². The minimum atomic E-state index is 0.701. The molecular formula is C14H28N2S. The monoisotopic (exact) mass is 256 g/mol. The van der Waals surface area contributed by atoms with Gasteiger partial charge >= 0.3 is 0 Å². The molecule has 0 aromatic heterocycles. The van der Waals surface area contributed by atoms with E-state index in [1.165, 1.54) is 44.0 Å². The topological polar surface area (TPSA) is 15.3 Å². The quantitative estimate of drug-likeness (QED) is 0.832. The Labute approximate surface area is 111 Å². The van der Waals surface area contributed by atoms with Crippen molar-refractivity contribution in [1.29, 1.82) is 0 Å². The van der Waals surface area contributed by atoms with E-state index in [9.17, 15) is 0 Å². The van der Waals surface area contributed by atoms with Crippen molar-refractivity contribution in [3.05, 3.63) is 0 Å². The zero-order valence-corrected chi connectivity index (χ0v) is 12.4. The van der Waals surface area contributed by atoms with E-state index in [1.54, 1.807) is 0 Å². The first kappa shape index (κ1) is 13.7. The molecule has 2 aliphatic heterocycles. The Kier molecular flexibility index (Phi) is 5.19. The van der Waals surface area contributed by atoms with Crippen molar-refractivity contribution < 1.29 is 0 Å². The van der Waals surface area contributed by atoms with Gasteiger partial charge in [-0.1, -0.05) is 20.8 Å². The Morgan fingerprint density at radius 1 is 1.41 bits per heavy atom. The van der Waals surface area contributed by atoms with Gasteiger partial charge in [0.2, 0.25) is 0 Å². The molecule has 3 unspecified atom stereocenters. The van der Waals surface area contributed by atoms with Gasteiger partial charge in [-0.05, 0) is 36.2 Å². The van der Waals surface area contributed by atoms with E-state index in [0.29, 0.717) is 6.04 Å². The van der Waals surface area contributed by atoms with Crippen LogP contribution in [0.15, 0.2) is 0 Å². The van der Waals surface area contributed by atoms with Crippen LogP contribution in [0.2, 0.25) is 0 Å². The Bertz CT molecular complexity index is 224. The van der Waals surface area contributed by atoms with E-state index in [0.717, 1.165) is 17.9 Å². The minimum absolute atomic E-state index is 0.701. The van der Waals surface area contributed by atoms with Crippen LogP contribution in [0.4, 0.5) is 0 Å². The van der Waals surface area contributed by atoms with Crippen LogP contribution in [0.5, 0.6) is 0 Å². The van der Waals surface area contributed by atoms with Gasteiger partial charge in [-0.2, -0.15) is 11.8 Å². The van der Waals surface area contributed by atoms with Gasteiger partial charge in [0, 0.05) is 31.7 Å². The summed E-state index contributed by atoms with van der Waals surface area (Å²) < 4.78 is 0. The van der Waals surface area contributed by atoms with E-state index in [-0.39, 0.29) is 0 Å². The van der Waals surface area contributed by atoms with Crippen molar-refractivity contribution in [2.24, 2.45) is 11.8 Å². The molecule has 3 heteroatoms. The lowest BCUT2D eigenvalue weighted by atomic mass is 9.97. The van der Waals surface area contributed by atoms with Crippen molar-refractivity contribution in [3.8, 4) is 0 Å². The van der Waals surface area contributed by atoms with E-state index in [2.05, 4.69) is 42.7 Å². The maximum Gasteiger partial charge on any atom is 0.0218 e. The average molecular weight is 256 g/mol. The maximum atomic E-state index is 3.73. The summed E-state index contributed by atoms with van der Waals surface area (Å²) in [5, 5.41) is 3.73. The molecule has 2 saturated heterocycles. The highest BCUT2D eigenvalue weighted by Gasteiger charge is 2.30. The zero-order chi connectivity index (χ0) is 12.3. The number of hydrogen-bond acceptors (Lipinski definition) is 3. The van der Waals surface area contributed by atoms with Gasteiger partial charge in [-0.15, -0.1) is 0 Å². The third-order valence-corrected chi connectivity index (χ3v) is 5.59. The Balaban J connectivity index is 1.89. The lowest BCUT2D eigenvalue weighted by molar-refractivity contribution is 0.0965. The van der Waals surface area contributed by atoms with Crippen LogP contribution in [-0.4, -0.2) is 48.1 Å². The molecule has 17 heavy (non-hydrogen) atoms. The van der Waals surface area contributed by atoms with E-state index in [4.69, 9.17) is 0 Å². The van der Waals surface area contributed by atoms with Crippen LogP contribution in [0.25, 0.3) is 0 Å². The van der Waals surface area contributed by atoms with Crippen LogP contribution in [0.3, 0.4) is 0 Å². The molecule has 2 rings (SSSR count). The van der Waals surface area contributed by atoms with Crippen LogP contribution in [-0.2, 0) is 0 Å². The number of piperazine rings is 1. The predicted octanol–water partition coefficient (Wildman–Crippen LogP) is 2.45. The molecule has 2 aliphatic rings. The van der Waals surface area contributed by atoms with Gasteiger partial charge < -0.3 is 5.32 Å². The third-order valence-electron chi connectivity index (χ3n) is 4.36. The third kappa shape index (κ3) is 3.62. The first-order valence-corrected chi connectivity index (χ1v) is 8.41. The average Bonchev–Trinajstić information content (AvgIpc) is 2.81. The van der Waals surface area contributed by atoms with Gasteiger partial charge in [0.15, 0.2) is 0 Å². The molecule has 0 aromatic rings. The zero-order valence-electron chi connectivity index (χ0n) is 11.6. The first-order valence-electron chi connectivity index (χ1n) is 7.25. The van der Waals surface area contributed by atoms with Crippen LogP contribution < -0.4 is 5.32 Å². The highest BCUT2D eigenvalue weighted by molar-refractivity contribution is 7.99. The largest absolute Gasteiger partial charge is 0.311 e. The first-order chi connectivity index (χ1) is 8.20. The number of nitrogens with one attached hydrogen (secondary N) is 1. The van der Waals surface area contributed by atoms with E-state index >= 15 is 0 Å². The summed E-state index contributed by atoms with van der Waals surface area (Å²) in [4.78, 5) is 2.78. The smallest absolute Gasteiger partial charge is 0.0218 e. The summed E-state index contributed by atoms with van der Waals surface area (Å²) in [6, 6.07) is 1.47. The second kappa shape index (κ2) is 6.44. The van der Waals surface area contributed by atoms with Gasteiger partial charge in [0.05, 0.1) is 0 Å². The van der Waals surface area contributed by atoms with Crippen LogP contribution in [0.1, 0.15) is 33.6 Å². The molecule has 0 bridgehead atoms. The lowest BCUT2D eigenvalue weighted by Gasteiger charge is -2.42. The summed E-state index contributed by atoms with van der Waals surface area (Å²) in [5.74, 6) is 4.50. The van der Waals surface area contributed by atoms with Crippen molar-refractivity contribution >= 4 is 11.8 Å². The molecule has 0 spiro atoms. The maximum absolute atomic E-state index is 3.73. The molecule has 2 nitrogen and oxygen atoms in total. The van der Waals surface area contributed by atoms with Gasteiger partial charge in [0.25, 0.3) is 0 Å². The Morgan fingerprint density at radius 2 is 2.24 bits per heavy atom. The summed E-state index contributed by atoms with van der Waals surface area (Å²) >= 11 is 2.14. The second-order valence-corrected chi connectivity index (χ2v) is 7.15. The molecular weight excluding hydrogens is 228 g/mol. The normalized spacial score (nSPS) is 35.6. The van der Waals surface area contributed by atoms with Crippen molar-refractivity contribution in [2.75, 3.05) is 31.1 Å². The van der Waals surface area contributed by atoms with E-state index in [1.807, 2.05) is 0 Å². The summed E-state index contributed by atoms with van der Waals surface area (Å²) in [6.07, 6.45) is 2.73. The van der Waals surface area contributed by atoms with Crippen molar-refractivity contribution in [1.82, 2.24) is 10.2 Å². The number of rotatable bonds is 4. The molecule has 3 atom stereocenters. The highest BCUT2D eigenvalue weighted by atomic mass is 32.2. The summed E-state index contributed by atoms with van der Waals surface area (Å²) in [5.41, 5.74) is 0. The molecule has 2 fully saturated rings. The molecule has 1 N–H and O–H groups in total. The lowest BCUT2D eigenvalue weighted by Crippen LogP contribution is -2.58.